The van der Waals surface area contributed by atoms with E-state index in [4.69, 9.17) is 0 Å². The molecule has 0 fully saturated rings. The number of fused-ring (bicyclic) bond motifs is 1. The Hall–Kier alpha value is -0.980. The lowest BCUT2D eigenvalue weighted by Gasteiger charge is -2.38. The highest BCUT2D eigenvalue weighted by Gasteiger charge is 2.32. The van der Waals surface area contributed by atoms with Crippen molar-refractivity contribution < 1.29 is 0 Å². The minimum Gasteiger partial charge on any atom is -0.363 e. The molecule has 1 aliphatic rings. The Morgan fingerprint density at radius 3 is 2.50 bits per heavy atom. The predicted octanol–water partition coefficient (Wildman–Crippen LogP) is 3.24. The summed E-state index contributed by atoms with van der Waals surface area (Å²) < 4.78 is 0. The second kappa shape index (κ2) is 3.01. The molecule has 0 N–H and O–H groups in total. The van der Waals surface area contributed by atoms with Gasteiger partial charge in [-0.25, -0.2) is 0 Å². The second-order valence-corrected chi connectivity index (χ2v) is 5.22. The topological polar surface area (TPSA) is 3.24 Å². The van der Waals surface area contributed by atoms with Crippen molar-refractivity contribution in [1.29, 1.82) is 0 Å². The van der Waals surface area contributed by atoms with Crippen LogP contribution in [0.5, 0.6) is 0 Å². The molecule has 14 heavy (non-hydrogen) atoms. The third-order valence-electron chi connectivity index (χ3n) is 2.93. The predicted molar refractivity (Wildman–Crippen MR) is 61.8 cm³/mol. The minimum atomic E-state index is 0.228. The van der Waals surface area contributed by atoms with Crippen LogP contribution < -0.4 is 4.90 Å². The quantitative estimate of drug-likeness (QED) is 0.605. The minimum absolute atomic E-state index is 0.228. The van der Waals surface area contributed by atoms with Crippen molar-refractivity contribution in [2.24, 2.45) is 0 Å². The number of rotatable bonds is 0. The summed E-state index contributed by atoms with van der Waals surface area (Å²) in [6.07, 6.45) is 1.19. The van der Waals surface area contributed by atoms with Gasteiger partial charge in [0.25, 0.3) is 0 Å². The van der Waals surface area contributed by atoms with Gasteiger partial charge < -0.3 is 4.90 Å². The van der Waals surface area contributed by atoms with Gasteiger partial charge in [0.2, 0.25) is 0 Å². The van der Waals surface area contributed by atoms with Gasteiger partial charge >= 0.3 is 0 Å². The largest absolute Gasteiger partial charge is 0.363 e. The Morgan fingerprint density at radius 1 is 1.21 bits per heavy atom. The lowest BCUT2D eigenvalue weighted by Crippen LogP contribution is -2.45. The van der Waals surface area contributed by atoms with E-state index in [2.05, 4.69) is 56.9 Å². The number of para-hydroxylation sites is 1. The zero-order valence-electron chi connectivity index (χ0n) is 9.54. The van der Waals surface area contributed by atoms with E-state index in [1.165, 1.54) is 17.7 Å². The lowest BCUT2D eigenvalue weighted by atomic mass is 10.0. The lowest BCUT2D eigenvalue weighted by molar-refractivity contribution is 0.468. The molecule has 1 aromatic carbocycles. The highest BCUT2D eigenvalue weighted by Crippen LogP contribution is 2.36. The molecule has 2 rings (SSSR count). The standard InChI is InChI=1S/C13H19N/c1-10-9-11-7-5-6-8-12(11)14(10)13(2,3)4/h5-8,10H,9H2,1-4H3. The van der Waals surface area contributed by atoms with E-state index in [1.807, 2.05) is 0 Å². The third kappa shape index (κ3) is 1.41. The van der Waals surface area contributed by atoms with Crippen molar-refractivity contribution in [3.63, 3.8) is 0 Å². The van der Waals surface area contributed by atoms with Crippen molar-refractivity contribution in [2.75, 3.05) is 4.90 Å². The molecule has 0 saturated heterocycles. The summed E-state index contributed by atoms with van der Waals surface area (Å²) in [6, 6.07) is 9.39. The molecular weight excluding hydrogens is 170 g/mol. The smallest absolute Gasteiger partial charge is 0.0406 e. The first kappa shape index (κ1) is 9.57. The summed E-state index contributed by atoms with van der Waals surface area (Å²) in [4.78, 5) is 2.53. The Balaban J connectivity index is 2.45. The molecule has 1 aliphatic heterocycles. The number of benzene rings is 1. The zero-order valence-corrected chi connectivity index (χ0v) is 9.54. The average Bonchev–Trinajstić information content (AvgIpc) is 2.38. The van der Waals surface area contributed by atoms with Crippen LogP contribution in [0.25, 0.3) is 0 Å². The molecule has 0 bridgehead atoms. The van der Waals surface area contributed by atoms with Gasteiger partial charge in [0.1, 0.15) is 0 Å². The Labute approximate surface area is 86.7 Å². The van der Waals surface area contributed by atoms with Crippen LogP contribution >= 0.6 is 0 Å². The first-order valence-electron chi connectivity index (χ1n) is 5.37. The zero-order chi connectivity index (χ0) is 10.3. The van der Waals surface area contributed by atoms with Crippen LogP contribution in [0.15, 0.2) is 24.3 Å². The van der Waals surface area contributed by atoms with Crippen molar-refractivity contribution in [1.82, 2.24) is 0 Å². The molecule has 0 saturated carbocycles. The molecule has 0 amide bonds. The number of hydrogen-bond donors (Lipinski definition) is 0. The summed E-state index contributed by atoms with van der Waals surface area (Å²) in [6.45, 7) is 9.16. The highest BCUT2D eigenvalue weighted by atomic mass is 15.2. The SMILES string of the molecule is CC1Cc2ccccc2N1C(C)(C)C. The summed E-state index contributed by atoms with van der Waals surface area (Å²) in [5.41, 5.74) is 3.15. The van der Waals surface area contributed by atoms with Gasteiger partial charge in [-0.1, -0.05) is 18.2 Å². The fourth-order valence-corrected chi connectivity index (χ4v) is 2.59. The van der Waals surface area contributed by atoms with Gasteiger partial charge in [-0.3, -0.25) is 0 Å². The van der Waals surface area contributed by atoms with Gasteiger partial charge in [0.15, 0.2) is 0 Å². The molecule has 76 valence electrons. The maximum atomic E-state index is 2.53. The fraction of sp³-hybridized carbons (Fsp3) is 0.538. The van der Waals surface area contributed by atoms with E-state index in [1.54, 1.807) is 0 Å². The summed E-state index contributed by atoms with van der Waals surface area (Å²) in [5.74, 6) is 0. The van der Waals surface area contributed by atoms with Crippen LogP contribution in [0.4, 0.5) is 5.69 Å². The Bertz CT molecular complexity index is 335. The fourth-order valence-electron chi connectivity index (χ4n) is 2.59. The van der Waals surface area contributed by atoms with Crippen LogP contribution in [0, 0.1) is 0 Å². The summed E-state index contributed by atoms with van der Waals surface area (Å²) in [7, 11) is 0. The molecule has 1 unspecified atom stereocenters. The van der Waals surface area contributed by atoms with Crippen LogP contribution in [0.1, 0.15) is 33.3 Å². The first-order chi connectivity index (χ1) is 6.50. The van der Waals surface area contributed by atoms with Crippen LogP contribution in [-0.2, 0) is 6.42 Å². The number of anilines is 1. The van der Waals surface area contributed by atoms with Crippen molar-refractivity contribution >= 4 is 5.69 Å². The maximum Gasteiger partial charge on any atom is 0.0406 e. The van der Waals surface area contributed by atoms with Gasteiger partial charge in [-0.2, -0.15) is 0 Å². The molecule has 1 heteroatoms. The number of nitrogens with zero attached hydrogens (tertiary/aromatic N) is 1. The van der Waals surface area contributed by atoms with Crippen LogP contribution in [-0.4, -0.2) is 11.6 Å². The average molecular weight is 189 g/mol. The second-order valence-electron chi connectivity index (χ2n) is 5.22. The molecule has 1 aromatic rings. The molecule has 1 heterocycles. The molecule has 0 aliphatic carbocycles. The summed E-state index contributed by atoms with van der Waals surface area (Å²) in [5, 5.41) is 0. The van der Waals surface area contributed by atoms with Crippen molar-refractivity contribution in [2.45, 2.75) is 45.7 Å². The molecule has 0 spiro atoms. The van der Waals surface area contributed by atoms with E-state index in [0.717, 1.165) is 0 Å². The normalized spacial score (nSPS) is 21.1. The van der Waals surface area contributed by atoms with E-state index in [0.29, 0.717) is 6.04 Å². The monoisotopic (exact) mass is 189 g/mol. The Kier molecular flexibility index (Phi) is 2.06. The highest BCUT2D eigenvalue weighted by molar-refractivity contribution is 5.60. The van der Waals surface area contributed by atoms with Gasteiger partial charge in [-0.05, 0) is 45.7 Å². The molecule has 1 nitrogen and oxygen atoms in total. The van der Waals surface area contributed by atoms with Crippen molar-refractivity contribution in [3.05, 3.63) is 29.8 Å². The summed E-state index contributed by atoms with van der Waals surface area (Å²) >= 11 is 0. The van der Waals surface area contributed by atoms with Crippen LogP contribution in [0.3, 0.4) is 0 Å². The molecule has 1 atom stereocenters. The Morgan fingerprint density at radius 2 is 1.86 bits per heavy atom. The van der Waals surface area contributed by atoms with Gasteiger partial charge in [0, 0.05) is 17.3 Å². The van der Waals surface area contributed by atoms with E-state index < -0.39 is 0 Å². The van der Waals surface area contributed by atoms with Crippen molar-refractivity contribution in [3.8, 4) is 0 Å². The molecular formula is C13H19N. The molecule has 0 aromatic heterocycles. The first-order valence-corrected chi connectivity index (χ1v) is 5.37. The van der Waals surface area contributed by atoms with E-state index in [9.17, 15) is 0 Å². The molecule has 0 radical (unpaired) electrons. The third-order valence-corrected chi connectivity index (χ3v) is 2.93. The number of hydrogen-bond acceptors (Lipinski definition) is 1. The maximum absolute atomic E-state index is 2.53. The van der Waals surface area contributed by atoms with Gasteiger partial charge in [-0.15, -0.1) is 0 Å². The van der Waals surface area contributed by atoms with Crippen LogP contribution in [0.2, 0.25) is 0 Å². The van der Waals surface area contributed by atoms with E-state index in [-0.39, 0.29) is 5.54 Å². The van der Waals surface area contributed by atoms with E-state index >= 15 is 0 Å². The van der Waals surface area contributed by atoms with Gasteiger partial charge in [0.05, 0.1) is 0 Å².